The molecule has 0 aliphatic rings. The first-order chi connectivity index (χ1) is 9.93. The third-order valence-corrected chi connectivity index (χ3v) is 3.07. The molecule has 0 bridgehead atoms. The zero-order chi connectivity index (χ0) is 15.8. The highest BCUT2D eigenvalue weighted by Crippen LogP contribution is 2.02. The number of aromatic nitrogens is 2. The Morgan fingerprint density at radius 3 is 2.67 bits per heavy atom. The van der Waals surface area contributed by atoms with E-state index in [-0.39, 0.29) is 5.91 Å². The summed E-state index contributed by atoms with van der Waals surface area (Å²) in [5, 5.41) is 12.3. The van der Waals surface area contributed by atoms with Crippen LogP contribution in [0.1, 0.15) is 31.7 Å². The number of urea groups is 1. The highest BCUT2D eigenvalue weighted by Gasteiger charge is 2.14. The van der Waals surface area contributed by atoms with Crippen molar-refractivity contribution in [2.45, 2.75) is 46.7 Å². The molecule has 0 saturated carbocycles. The first-order valence-corrected chi connectivity index (χ1v) is 7.27. The summed E-state index contributed by atoms with van der Waals surface area (Å²) in [6.07, 6.45) is 0.862. The lowest BCUT2D eigenvalue weighted by molar-refractivity contribution is -0.121. The maximum absolute atomic E-state index is 11.7. The van der Waals surface area contributed by atoms with E-state index in [1.807, 2.05) is 24.6 Å². The maximum Gasteiger partial charge on any atom is 0.321 e. The number of nitrogens with one attached hydrogen (secondary N) is 3. The van der Waals surface area contributed by atoms with Gasteiger partial charge in [-0.15, -0.1) is 0 Å². The Bertz CT molecular complexity index is 484. The number of hydrogen-bond acceptors (Lipinski definition) is 4. The highest BCUT2D eigenvalue weighted by atomic mass is 16.2. The summed E-state index contributed by atoms with van der Waals surface area (Å²) in [5.74, 6) is -0.327. The molecule has 0 fully saturated rings. The summed E-state index contributed by atoms with van der Waals surface area (Å²) in [7, 11) is 0. The smallest absolute Gasteiger partial charge is 0.321 e. The Hall–Kier alpha value is -1.89. The molecule has 0 aromatic carbocycles. The summed E-state index contributed by atoms with van der Waals surface area (Å²) in [5.41, 5.74) is 2.14. The van der Waals surface area contributed by atoms with Gasteiger partial charge in [-0.25, -0.2) is 4.79 Å². The lowest BCUT2D eigenvalue weighted by Gasteiger charge is -2.13. The molecule has 7 heteroatoms. The Balaban J connectivity index is 2.24. The van der Waals surface area contributed by atoms with Gasteiger partial charge in [0.2, 0.25) is 5.91 Å². The van der Waals surface area contributed by atoms with E-state index in [0.717, 1.165) is 24.4 Å². The minimum absolute atomic E-state index is 0.327. The van der Waals surface area contributed by atoms with Crippen LogP contribution in [0.25, 0.3) is 0 Å². The SMILES string of the molecule is CCNC(=O)NC(=O)C(C)NCCCn1nc(C)cc1C. The highest BCUT2D eigenvalue weighted by molar-refractivity contribution is 5.96. The minimum atomic E-state index is -0.459. The van der Waals surface area contributed by atoms with Gasteiger partial charge in [0.15, 0.2) is 0 Å². The van der Waals surface area contributed by atoms with Crippen LogP contribution in [0.2, 0.25) is 0 Å². The molecule has 3 N–H and O–H groups in total. The van der Waals surface area contributed by atoms with Crippen molar-refractivity contribution < 1.29 is 9.59 Å². The quantitative estimate of drug-likeness (QED) is 0.647. The van der Waals surface area contributed by atoms with Crippen LogP contribution in [-0.4, -0.2) is 40.9 Å². The van der Waals surface area contributed by atoms with E-state index >= 15 is 0 Å². The molecule has 0 aliphatic heterocycles. The van der Waals surface area contributed by atoms with Crippen molar-refractivity contribution in [2.75, 3.05) is 13.1 Å². The number of aryl methyl sites for hydroxylation is 3. The van der Waals surface area contributed by atoms with Crippen molar-refractivity contribution >= 4 is 11.9 Å². The van der Waals surface area contributed by atoms with Gasteiger partial charge >= 0.3 is 6.03 Å². The molecule has 1 heterocycles. The van der Waals surface area contributed by atoms with Crippen LogP contribution in [0, 0.1) is 13.8 Å². The first-order valence-electron chi connectivity index (χ1n) is 7.27. The minimum Gasteiger partial charge on any atom is -0.338 e. The number of carbonyl (C=O) groups excluding carboxylic acids is 2. The Kier molecular flexibility index (Phi) is 6.87. The largest absolute Gasteiger partial charge is 0.338 e. The van der Waals surface area contributed by atoms with Gasteiger partial charge in [0.1, 0.15) is 0 Å². The van der Waals surface area contributed by atoms with Crippen molar-refractivity contribution in [2.24, 2.45) is 0 Å². The normalized spacial score (nSPS) is 12.0. The maximum atomic E-state index is 11.7. The molecule has 1 aromatic rings. The molecule has 118 valence electrons. The zero-order valence-corrected chi connectivity index (χ0v) is 13.2. The van der Waals surface area contributed by atoms with Gasteiger partial charge in [0.25, 0.3) is 0 Å². The second kappa shape index (κ2) is 8.41. The molecule has 1 unspecified atom stereocenters. The second-order valence-corrected chi connectivity index (χ2v) is 5.03. The third kappa shape index (κ3) is 5.95. The second-order valence-electron chi connectivity index (χ2n) is 5.03. The van der Waals surface area contributed by atoms with Crippen molar-refractivity contribution in [3.8, 4) is 0 Å². The van der Waals surface area contributed by atoms with Crippen LogP contribution >= 0.6 is 0 Å². The molecule has 0 saturated heterocycles. The van der Waals surface area contributed by atoms with Crippen molar-refractivity contribution in [1.82, 2.24) is 25.7 Å². The topological polar surface area (TPSA) is 88.0 Å². The predicted octanol–water partition coefficient (Wildman–Crippen LogP) is 0.714. The van der Waals surface area contributed by atoms with E-state index in [1.165, 1.54) is 0 Å². The lowest BCUT2D eigenvalue weighted by atomic mass is 10.3. The standard InChI is InChI=1S/C14H25N5O2/c1-5-15-14(21)17-13(20)12(4)16-7-6-8-19-11(3)9-10(2)18-19/h9,12,16H,5-8H2,1-4H3,(H2,15,17,20,21). The van der Waals surface area contributed by atoms with Crippen molar-refractivity contribution in [3.05, 3.63) is 17.5 Å². The zero-order valence-electron chi connectivity index (χ0n) is 13.2. The summed E-state index contributed by atoms with van der Waals surface area (Å²) in [4.78, 5) is 22.9. The van der Waals surface area contributed by atoms with Gasteiger partial charge in [-0.1, -0.05) is 0 Å². The number of carbonyl (C=O) groups is 2. The van der Waals surface area contributed by atoms with Gasteiger partial charge in [0, 0.05) is 18.8 Å². The van der Waals surface area contributed by atoms with Gasteiger partial charge in [-0.3, -0.25) is 14.8 Å². The molecular formula is C14H25N5O2. The molecular weight excluding hydrogens is 270 g/mol. The molecule has 21 heavy (non-hydrogen) atoms. The van der Waals surface area contributed by atoms with Crippen LogP contribution in [-0.2, 0) is 11.3 Å². The van der Waals surface area contributed by atoms with Gasteiger partial charge < -0.3 is 10.6 Å². The van der Waals surface area contributed by atoms with Gasteiger partial charge in [-0.05, 0) is 46.7 Å². The number of imide groups is 1. The number of rotatable bonds is 7. The average molecular weight is 295 g/mol. The van der Waals surface area contributed by atoms with E-state index < -0.39 is 12.1 Å². The van der Waals surface area contributed by atoms with Gasteiger partial charge in [-0.2, -0.15) is 5.10 Å². The first kappa shape index (κ1) is 17.2. The molecule has 1 aromatic heterocycles. The molecule has 0 radical (unpaired) electrons. The van der Waals surface area contributed by atoms with Gasteiger partial charge in [0.05, 0.1) is 11.7 Å². The Labute approximate surface area is 125 Å². The van der Waals surface area contributed by atoms with Crippen LogP contribution in [0.5, 0.6) is 0 Å². The third-order valence-electron chi connectivity index (χ3n) is 3.07. The monoisotopic (exact) mass is 295 g/mol. The van der Waals surface area contributed by atoms with Crippen LogP contribution in [0.4, 0.5) is 4.79 Å². The van der Waals surface area contributed by atoms with Crippen LogP contribution in [0.3, 0.4) is 0 Å². The van der Waals surface area contributed by atoms with Crippen LogP contribution < -0.4 is 16.0 Å². The van der Waals surface area contributed by atoms with E-state index in [0.29, 0.717) is 13.1 Å². The summed E-state index contributed by atoms with van der Waals surface area (Å²) < 4.78 is 1.95. The fourth-order valence-electron chi connectivity index (χ4n) is 1.97. The van der Waals surface area contributed by atoms with E-state index in [9.17, 15) is 9.59 Å². The number of hydrogen-bond donors (Lipinski definition) is 3. The van der Waals surface area contributed by atoms with Crippen molar-refractivity contribution in [1.29, 1.82) is 0 Å². The predicted molar refractivity (Wildman–Crippen MR) is 81.0 cm³/mol. The molecule has 0 aliphatic carbocycles. The molecule has 3 amide bonds. The van der Waals surface area contributed by atoms with E-state index in [1.54, 1.807) is 13.8 Å². The Morgan fingerprint density at radius 2 is 2.10 bits per heavy atom. The van der Waals surface area contributed by atoms with E-state index in [4.69, 9.17) is 0 Å². The number of amides is 3. The Morgan fingerprint density at radius 1 is 1.38 bits per heavy atom. The summed E-state index contributed by atoms with van der Waals surface area (Å²) in [6.45, 7) is 9.50. The fourth-order valence-corrected chi connectivity index (χ4v) is 1.97. The summed E-state index contributed by atoms with van der Waals surface area (Å²) >= 11 is 0. The molecule has 1 atom stereocenters. The van der Waals surface area contributed by atoms with Crippen LogP contribution in [0.15, 0.2) is 6.07 Å². The fraction of sp³-hybridized carbons (Fsp3) is 0.643. The molecule has 1 rings (SSSR count). The summed E-state index contributed by atoms with van der Waals surface area (Å²) in [6, 6.07) is 1.17. The molecule has 0 spiro atoms. The lowest BCUT2D eigenvalue weighted by Crippen LogP contribution is -2.48. The number of nitrogens with zero attached hydrogens (tertiary/aromatic N) is 2. The van der Waals surface area contributed by atoms with E-state index in [2.05, 4.69) is 21.0 Å². The molecule has 7 nitrogen and oxygen atoms in total. The average Bonchev–Trinajstić information content (AvgIpc) is 2.73. The van der Waals surface area contributed by atoms with Crippen molar-refractivity contribution in [3.63, 3.8) is 0 Å².